The second-order valence-corrected chi connectivity index (χ2v) is 9.81. The molecule has 0 saturated carbocycles. The van der Waals surface area contributed by atoms with E-state index in [1.54, 1.807) is 19.9 Å². The minimum atomic E-state index is -4.60. The average Bonchev–Trinajstić information content (AvgIpc) is 3.18. The van der Waals surface area contributed by atoms with Crippen molar-refractivity contribution in [2.45, 2.75) is 38.4 Å². The Hall–Kier alpha value is -3.22. The molecular formula is C23H21F6N5OS. The minimum absolute atomic E-state index is 0.0908. The highest BCUT2D eigenvalue weighted by Crippen LogP contribution is 2.38. The molecule has 0 radical (unpaired) electrons. The summed E-state index contributed by atoms with van der Waals surface area (Å²) in [5.41, 5.74) is -1.03. The maximum absolute atomic E-state index is 14.5. The van der Waals surface area contributed by atoms with Crippen LogP contribution in [0.1, 0.15) is 34.4 Å². The van der Waals surface area contributed by atoms with Crippen molar-refractivity contribution in [2.24, 2.45) is 5.92 Å². The lowest BCUT2D eigenvalue weighted by molar-refractivity contribution is -0.138. The largest absolute Gasteiger partial charge is 0.419 e. The van der Waals surface area contributed by atoms with Gasteiger partial charge in [0.25, 0.3) is 11.8 Å². The molecule has 36 heavy (non-hydrogen) atoms. The Labute approximate surface area is 206 Å². The molecule has 2 atom stereocenters. The highest BCUT2D eigenvalue weighted by atomic mass is 32.1. The maximum Gasteiger partial charge on any atom is 0.419 e. The lowest BCUT2D eigenvalue weighted by Gasteiger charge is -2.43. The number of aromatic nitrogens is 3. The van der Waals surface area contributed by atoms with Gasteiger partial charge in [0.2, 0.25) is 5.95 Å². The van der Waals surface area contributed by atoms with Crippen molar-refractivity contribution >= 4 is 23.2 Å². The summed E-state index contributed by atoms with van der Waals surface area (Å²) >= 11 is 1.08. The van der Waals surface area contributed by atoms with E-state index in [9.17, 15) is 31.1 Å². The molecular weight excluding hydrogens is 508 g/mol. The smallest absolute Gasteiger partial charge is 0.352 e. The fourth-order valence-corrected chi connectivity index (χ4v) is 5.11. The Morgan fingerprint density at radius 1 is 1.22 bits per heavy atom. The quantitative estimate of drug-likeness (QED) is 0.432. The highest BCUT2D eigenvalue weighted by Gasteiger charge is 2.47. The van der Waals surface area contributed by atoms with Crippen molar-refractivity contribution < 1.29 is 31.1 Å². The van der Waals surface area contributed by atoms with E-state index in [0.717, 1.165) is 16.2 Å². The number of carbonyl (C=O) groups excluding carboxylic acids is 1. The van der Waals surface area contributed by atoms with Gasteiger partial charge in [-0.3, -0.25) is 4.79 Å². The molecule has 0 spiro atoms. The van der Waals surface area contributed by atoms with Crippen molar-refractivity contribution in [3.05, 3.63) is 58.7 Å². The van der Waals surface area contributed by atoms with Crippen LogP contribution in [-0.4, -0.2) is 50.8 Å². The summed E-state index contributed by atoms with van der Waals surface area (Å²) in [5.74, 6) is -5.36. The SMILES string of the molecule is Cc1nc(C(=O)N2CC(F)(F)C[C@@H](C)C2CNc2ncc(C(F)(F)F)cn2)c(-c2ccccc2F)s1. The summed E-state index contributed by atoms with van der Waals surface area (Å²) < 4.78 is 81.8. The third-order valence-electron chi connectivity index (χ3n) is 5.84. The van der Waals surface area contributed by atoms with E-state index in [1.165, 1.54) is 18.2 Å². The Morgan fingerprint density at radius 3 is 2.53 bits per heavy atom. The van der Waals surface area contributed by atoms with Crippen molar-refractivity contribution in [1.82, 2.24) is 19.9 Å². The van der Waals surface area contributed by atoms with E-state index in [4.69, 9.17) is 0 Å². The minimum Gasteiger partial charge on any atom is -0.352 e. The molecule has 1 saturated heterocycles. The lowest BCUT2D eigenvalue weighted by Crippen LogP contribution is -2.57. The van der Waals surface area contributed by atoms with Gasteiger partial charge in [0.1, 0.15) is 11.5 Å². The Balaban J connectivity index is 1.62. The number of thiazole rings is 1. The number of nitrogens with one attached hydrogen (secondary N) is 1. The first-order chi connectivity index (χ1) is 16.9. The molecule has 1 amide bonds. The summed E-state index contributed by atoms with van der Waals surface area (Å²) in [6.07, 6.45) is -3.88. The van der Waals surface area contributed by atoms with Gasteiger partial charge in [-0.25, -0.2) is 28.1 Å². The monoisotopic (exact) mass is 529 g/mol. The second-order valence-electron chi connectivity index (χ2n) is 8.60. The fraction of sp³-hybridized carbons (Fsp3) is 0.391. The first-order valence-corrected chi connectivity index (χ1v) is 11.7. The van der Waals surface area contributed by atoms with Gasteiger partial charge in [-0.2, -0.15) is 13.2 Å². The number of halogens is 6. The van der Waals surface area contributed by atoms with Crippen LogP contribution in [0.4, 0.5) is 32.3 Å². The van der Waals surface area contributed by atoms with Gasteiger partial charge >= 0.3 is 6.18 Å². The zero-order valence-corrected chi connectivity index (χ0v) is 19.9. The normalized spacial score (nSPS) is 19.8. The van der Waals surface area contributed by atoms with E-state index < -0.39 is 54.3 Å². The van der Waals surface area contributed by atoms with Crippen molar-refractivity contribution in [3.63, 3.8) is 0 Å². The van der Waals surface area contributed by atoms with Gasteiger partial charge in [0, 0.05) is 30.9 Å². The van der Waals surface area contributed by atoms with Gasteiger partial charge in [0.15, 0.2) is 0 Å². The number of alkyl halides is 5. The summed E-state index contributed by atoms with van der Waals surface area (Å²) in [6.45, 7) is 2.20. The summed E-state index contributed by atoms with van der Waals surface area (Å²) in [7, 11) is 0. The number of amides is 1. The van der Waals surface area contributed by atoms with E-state index in [-0.39, 0.29) is 28.6 Å². The number of anilines is 1. The number of hydrogen-bond donors (Lipinski definition) is 1. The van der Waals surface area contributed by atoms with Crippen molar-refractivity contribution in [2.75, 3.05) is 18.4 Å². The lowest BCUT2D eigenvalue weighted by atomic mass is 9.88. The van der Waals surface area contributed by atoms with Crippen LogP contribution < -0.4 is 5.32 Å². The molecule has 1 unspecified atom stereocenters. The van der Waals surface area contributed by atoms with Crippen LogP contribution in [-0.2, 0) is 6.18 Å². The molecule has 1 fully saturated rings. The summed E-state index contributed by atoms with van der Waals surface area (Å²) in [6, 6.07) is 5.01. The van der Waals surface area contributed by atoms with E-state index in [1.807, 2.05) is 0 Å². The summed E-state index contributed by atoms with van der Waals surface area (Å²) in [5, 5.41) is 3.20. The number of piperidine rings is 1. The first-order valence-electron chi connectivity index (χ1n) is 10.9. The Morgan fingerprint density at radius 2 is 1.89 bits per heavy atom. The molecule has 2 aromatic heterocycles. The van der Waals surface area contributed by atoms with Crippen molar-refractivity contribution in [3.8, 4) is 10.4 Å². The molecule has 4 rings (SSSR count). The van der Waals surface area contributed by atoms with E-state index in [0.29, 0.717) is 17.4 Å². The number of aryl methyl sites for hydroxylation is 1. The van der Waals surface area contributed by atoms with E-state index in [2.05, 4.69) is 20.3 Å². The molecule has 1 aliphatic heterocycles. The number of nitrogens with zero attached hydrogens (tertiary/aromatic N) is 4. The third-order valence-corrected chi connectivity index (χ3v) is 6.85. The van der Waals surface area contributed by atoms with Crippen LogP contribution in [0, 0.1) is 18.7 Å². The van der Waals surface area contributed by atoms with Gasteiger partial charge in [-0.15, -0.1) is 11.3 Å². The second kappa shape index (κ2) is 9.68. The molecule has 192 valence electrons. The molecule has 0 aliphatic carbocycles. The summed E-state index contributed by atoms with van der Waals surface area (Å²) in [4.78, 5) is 26.3. The predicted octanol–water partition coefficient (Wildman–Crippen LogP) is 5.66. The van der Waals surface area contributed by atoms with Crippen LogP contribution in [0.5, 0.6) is 0 Å². The van der Waals surface area contributed by atoms with Gasteiger partial charge in [-0.05, 0) is 18.9 Å². The Bertz CT molecular complexity index is 1250. The van der Waals surface area contributed by atoms with Crippen LogP contribution >= 0.6 is 11.3 Å². The Kier molecular flexibility index (Phi) is 6.95. The molecule has 6 nitrogen and oxygen atoms in total. The molecule has 1 N–H and O–H groups in total. The number of likely N-dealkylation sites (tertiary alicyclic amines) is 1. The third kappa shape index (κ3) is 5.45. The zero-order valence-electron chi connectivity index (χ0n) is 19.1. The molecule has 1 aromatic carbocycles. The van der Waals surface area contributed by atoms with Crippen LogP contribution in [0.25, 0.3) is 10.4 Å². The fourth-order valence-electron chi connectivity index (χ4n) is 4.18. The molecule has 0 bridgehead atoms. The number of carbonyl (C=O) groups is 1. The number of rotatable bonds is 5. The molecule has 1 aliphatic rings. The number of benzene rings is 1. The molecule has 3 heterocycles. The highest BCUT2D eigenvalue weighted by molar-refractivity contribution is 7.15. The van der Waals surface area contributed by atoms with E-state index >= 15 is 0 Å². The van der Waals surface area contributed by atoms with Gasteiger partial charge < -0.3 is 10.2 Å². The first kappa shape index (κ1) is 25.9. The number of hydrogen-bond acceptors (Lipinski definition) is 6. The maximum atomic E-state index is 14.5. The molecule has 13 heteroatoms. The van der Waals surface area contributed by atoms with Gasteiger partial charge in [0.05, 0.1) is 28.0 Å². The van der Waals surface area contributed by atoms with Gasteiger partial charge in [-0.1, -0.05) is 25.1 Å². The average molecular weight is 530 g/mol. The van der Waals surface area contributed by atoms with Crippen molar-refractivity contribution in [1.29, 1.82) is 0 Å². The van der Waals surface area contributed by atoms with Crippen LogP contribution in [0.2, 0.25) is 0 Å². The standard InChI is InChI=1S/C23H21F6N5OS/c1-12-7-22(25,26)11-34(17(12)10-32-21-30-8-14(9-31-21)23(27,28)29)20(35)18-19(36-13(2)33-18)15-5-3-4-6-16(15)24/h3-6,8-9,12,17H,7,10-11H2,1-2H3,(H,30,31,32)/t12-,17?/m1/s1. The van der Waals surface area contributed by atoms with Crippen LogP contribution in [0.15, 0.2) is 36.7 Å². The topological polar surface area (TPSA) is 71.0 Å². The zero-order chi connectivity index (χ0) is 26.3. The molecule has 3 aromatic rings. The van der Waals surface area contributed by atoms with Crippen LogP contribution in [0.3, 0.4) is 0 Å². The predicted molar refractivity (Wildman–Crippen MR) is 121 cm³/mol.